The lowest BCUT2D eigenvalue weighted by atomic mass is 9.86. The number of cyclic esters (lactones) is 1. The molecule has 1 amide bonds. The SMILES string of the molecule is CCCCCCCCCCC[C@@H](CC1OC(=O)C1CCCCCC)OC(=O)C(CC(C)C)NC=O. The summed E-state index contributed by atoms with van der Waals surface area (Å²) in [5.41, 5.74) is 0. The van der Waals surface area contributed by atoms with Crippen molar-refractivity contribution < 1.29 is 23.9 Å². The summed E-state index contributed by atoms with van der Waals surface area (Å²) in [6.45, 7) is 8.45. The number of esters is 2. The van der Waals surface area contributed by atoms with Crippen molar-refractivity contribution >= 4 is 18.3 Å². The molecule has 0 aromatic carbocycles. The Morgan fingerprint density at radius 2 is 1.51 bits per heavy atom. The fraction of sp³-hybridized carbons (Fsp3) is 0.897. The number of ether oxygens (including phenoxy) is 2. The molecule has 0 aromatic rings. The quantitative estimate of drug-likeness (QED) is 0.0949. The Labute approximate surface area is 214 Å². The lowest BCUT2D eigenvalue weighted by Gasteiger charge is -2.37. The molecule has 1 heterocycles. The number of hydrogen-bond donors (Lipinski definition) is 1. The largest absolute Gasteiger partial charge is 0.461 e. The summed E-state index contributed by atoms with van der Waals surface area (Å²) in [6.07, 6.45) is 18.5. The number of hydrogen-bond acceptors (Lipinski definition) is 5. The van der Waals surface area contributed by atoms with Crippen LogP contribution in [0, 0.1) is 11.8 Å². The third-order valence-corrected chi connectivity index (χ3v) is 7.06. The van der Waals surface area contributed by atoms with E-state index < -0.39 is 6.04 Å². The van der Waals surface area contributed by atoms with Gasteiger partial charge in [0, 0.05) is 6.42 Å². The van der Waals surface area contributed by atoms with Crippen LogP contribution in [0.5, 0.6) is 0 Å². The summed E-state index contributed by atoms with van der Waals surface area (Å²) in [6, 6.07) is -0.632. The van der Waals surface area contributed by atoms with Crippen LogP contribution >= 0.6 is 0 Å². The minimum Gasteiger partial charge on any atom is -0.461 e. The Morgan fingerprint density at radius 3 is 2.06 bits per heavy atom. The third kappa shape index (κ3) is 13.9. The van der Waals surface area contributed by atoms with Gasteiger partial charge in [0.1, 0.15) is 18.2 Å². The van der Waals surface area contributed by atoms with Crippen LogP contribution < -0.4 is 5.32 Å². The zero-order valence-corrected chi connectivity index (χ0v) is 23.0. The van der Waals surface area contributed by atoms with Crippen LogP contribution in [0.1, 0.15) is 137 Å². The lowest BCUT2D eigenvalue weighted by molar-refractivity contribution is -0.190. The van der Waals surface area contributed by atoms with Crippen molar-refractivity contribution in [1.29, 1.82) is 0 Å². The minimum atomic E-state index is -0.632. The maximum absolute atomic E-state index is 12.9. The molecule has 6 nitrogen and oxygen atoms in total. The third-order valence-electron chi connectivity index (χ3n) is 7.06. The average molecular weight is 496 g/mol. The van der Waals surface area contributed by atoms with Crippen LogP contribution in [0.3, 0.4) is 0 Å². The normalized spacial score (nSPS) is 19.1. The molecule has 1 rings (SSSR count). The van der Waals surface area contributed by atoms with E-state index in [2.05, 4.69) is 19.2 Å². The van der Waals surface area contributed by atoms with Gasteiger partial charge in [-0.1, -0.05) is 105 Å². The second-order valence-corrected chi connectivity index (χ2v) is 10.8. The van der Waals surface area contributed by atoms with E-state index in [0.717, 1.165) is 38.5 Å². The van der Waals surface area contributed by atoms with Crippen LogP contribution in [-0.4, -0.2) is 36.6 Å². The first-order chi connectivity index (χ1) is 16.9. The Kier molecular flexibility index (Phi) is 17.6. The molecule has 0 bridgehead atoms. The van der Waals surface area contributed by atoms with Crippen molar-refractivity contribution in [3.63, 3.8) is 0 Å². The van der Waals surface area contributed by atoms with Crippen molar-refractivity contribution in [2.24, 2.45) is 11.8 Å². The summed E-state index contributed by atoms with van der Waals surface area (Å²) in [5, 5.41) is 2.62. The lowest BCUT2D eigenvalue weighted by Crippen LogP contribution is -2.48. The van der Waals surface area contributed by atoms with E-state index in [4.69, 9.17) is 9.47 Å². The van der Waals surface area contributed by atoms with Crippen LogP contribution in [-0.2, 0) is 23.9 Å². The van der Waals surface area contributed by atoms with E-state index in [1.165, 1.54) is 57.8 Å². The van der Waals surface area contributed by atoms with Crippen molar-refractivity contribution in [2.45, 2.75) is 155 Å². The molecule has 0 aromatic heterocycles. The van der Waals surface area contributed by atoms with Gasteiger partial charge >= 0.3 is 11.9 Å². The first kappa shape index (κ1) is 31.4. The van der Waals surface area contributed by atoms with Gasteiger partial charge in [-0.15, -0.1) is 0 Å². The second-order valence-electron chi connectivity index (χ2n) is 10.8. The maximum atomic E-state index is 12.9. The molecular formula is C29H53NO5. The zero-order valence-electron chi connectivity index (χ0n) is 23.0. The number of unbranched alkanes of at least 4 members (excludes halogenated alkanes) is 11. The summed E-state index contributed by atoms with van der Waals surface area (Å²) in [7, 11) is 0. The monoisotopic (exact) mass is 495 g/mol. The summed E-state index contributed by atoms with van der Waals surface area (Å²) in [5.74, 6) is -0.302. The van der Waals surface area contributed by atoms with Gasteiger partial charge in [-0.2, -0.15) is 0 Å². The molecule has 1 N–H and O–H groups in total. The predicted octanol–water partition coefficient (Wildman–Crippen LogP) is 6.88. The number of carbonyl (C=O) groups excluding carboxylic acids is 3. The van der Waals surface area contributed by atoms with Gasteiger partial charge in [0.2, 0.25) is 6.41 Å². The van der Waals surface area contributed by atoms with E-state index in [1.807, 2.05) is 13.8 Å². The average Bonchev–Trinajstić information content (AvgIpc) is 2.81. The Morgan fingerprint density at radius 1 is 0.943 bits per heavy atom. The van der Waals surface area contributed by atoms with Crippen molar-refractivity contribution in [1.82, 2.24) is 5.32 Å². The van der Waals surface area contributed by atoms with E-state index in [9.17, 15) is 14.4 Å². The standard InChI is InChI=1S/C29H53NO5/c1-5-7-9-11-12-13-14-15-16-18-24(34-29(33)26(30-22-31)20-23(3)4)21-27-25(28(32)35-27)19-17-10-8-6-2/h22-27H,5-21H2,1-4H3,(H,30,31)/t24-,25?,26?,27?/m0/s1. The van der Waals surface area contributed by atoms with Gasteiger partial charge in [-0.05, 0) is 31.6 Å². The molecule has 35 heavy (non-hydrogen) atoms. The van der Waals surface area contributed by atoms with Gasteiger partial charge in [-0.3, -0.25) is 9.59 Å². The summed E-state index contributed by atoms with van der Waals surface area (Å²) >= 11 is 0. The number of rotatable bonds is 23. The minimum absolute atomic E-state index is 0.0734. The number of amides is 1. The molecule has 1 fully saturated rings. The maximum Gasteiger partial charge on any atom is 0.328 e. The van der Waals surface area contributed by atoms with Gasteiger partial charge in [0.05, 0.1) is 5.92 Å². The van der Waals surface area contributed by atoms with Crippen molar-refractivity contribution in [3.8, 4) is 0 Å². The van der Waals surface area contributed by atoms with E-state index in [1.54, 1.807) is 0 Å². The Hall–Kier alpha value is -1.59. The molecular weight excluding hydrogens is 442 g/mol. The molecule has 6 heteroatoms. The molecule has 1 saturated heterocycles. The molecule has 0 radical (unpaired) electrons. The highest BCUT2D eigenvalue weighted by molar-refractivity contribution is 5.79. The molecule has 0 spiro atoms. The molecule has 4 atom stereocenters. The van der Waals surface area contributed by atoms with E-state index in [0.29, 0.717) is 19.3 Å². The first-order valence-electron chi connectivity index (χ1n) is 14.5. The predicted molar refractivity (Wildman–Crippen MR) is 141 cm³/mol. The first-order valence-corrected chi connectivity index (χ1v) is 14.5. The van der Waals surface area contributed by atoms with E-state index >= 15 is 0 Å². The summed E-state index contributed by atoms with van der Waals surface area (Å²) < 4.78 is 11.4. The number of nitrogens with one attached hydrogen (secondary N) is 1. The van der Waals surface area contributed by atoms with Crippen molar-refractivity contribution in [3.05, 3.63) is 0 Å². The molecule has 0 saturated carbocycles. The van der Waals surface area contributed by atoms with Crippen LogP contribution in [0.15, 0.2) is 0 Å². The summed E-state index contributed by atoms with van der Waals surface area (Å²) in [4.78, 5) is 36.0. The topological polar surface area (TPSA) is 81.7 Å². The number of carbonyl (C=O) groups is 3. The van der Waals surface area contributed by atoms with Crippen molar-refractivity contribution in [2.75, 3.05) is 0 Å². The highest BCUT2D eigenvalue weighted by Gasteiger charge is 2.43. The molecule has 1 aliphatic heterocycles. The van der Waals surface area contributed by atoms with Gasteiger partial charge in [0.25, 0.3) is 0 Å². The van der Waals surface area contributed by atoms with Gasteiger partial charge < -0.3 is 14.8 Å². The van der Waals surface area contributed by atoms with Crippen LogP contribution in [0.4, 0.5) is 0 Å². The second kappa shape index (κ2) is 19.6. The molecule has 204 valence electrons. The van der Waals surface area contributed by atoms with Crippen LogP contribution in [0.25, 0.3) is 0 Å². The van der Waals surface area contributed by atoms with Crippen LogP contribution in [0.2, 0.25) is 0 Å². The van der Waals surface area contributed by atoms with Gasteiger partial charge in [-0.25, -0.2) is 4.79 Å². The highest BCUT2D eigenvalue weighted by atomic mass is 16.6. The fourth-order valence-electron chi connectivity index (χ4n) is 4.90. The smallest absolute Gasteiger partial charge is 0.328 e. The molecule has 0 aliphatic carbocycles. The fourth-order valence-corrected chi connectivity index (χ4v) is 4.90. The Bertz CT molecular complexity index is 579. The van der Waals surface area contributed by atoms with Gasteiger partial charge in [0.15, 0.2) is 0 Å². The highest BCUT2D eigenvalue weighted by Crippen LogP contribution is 2.32. The molecule has 3 unspecified atom stereocenters. The van der Waals surface area contributed by atoms with E-state index in [-0.39, 0.29) is 36.0 Å². The Balaban J connectivity index is 2.58. The molecule has 1 aliphatic rings. The zero-order chi connectivity index (χ0) is 25.9.